The van der Waals surface area contributed by atoms with Crippen LogP contribution in [0.15, 0.2) is 72.8 Å². The first-order valence-corrected chi connectivity index (χ1v) is 13.1. The lowest BCUT2D eigenvalue weighted by atomic mass is 10.1. The van der Waals surface area contributed by atoms with Crippen molar-refractivity contribution in [2.24, 2.45) is 0 Å². The minimum atomic E-state index is -4.83. The van der Waals surface area contributed by atoms with Crippen molar-refractivity contribution in [1.29, 1.82) is 0 Å². The van der Waals surface area contributed by atoms with Crippen molar-refractivity contribution in [2.75, 3.05) is 23.9 Å². The zero-order valence-corrected chi connectivity index (χ0v) is 23.3. The Morgan fingerprint density at radius 2 is 1.57 bits per heavy atom. The van der Waals surface area contributed by atoms with Crippen LogP contribution >= 0.6 is 12.2 Å². The van der Waals surface area contributed by atoms with Gasteiger partial charge in [-0.2, -0.15) is 0 Å². The maximum absolute atomic E-state index is 13.6. The molecule has 4 rings (SSSR count). The quantitative estimate of drug-likeness (QED) is 0.247. The van der Waals surface area contributed by atoms with Crippen LogP contribution in [0.1, 0.15) is 29.3 Å². The van der Waals surface area contributed by atoms with Crippen molar-refractivity contribution in [1.82, 2.24) is 4.90 Å². The number of nitrogens with one attached hydrogen (secondary N) is 1. The van der Waals surface area contributed by atoms with Crippen LogP contribution in [0.2, 0.25) is 0 Å². The lowest BCUT2D eigenvalue weighted by Gasteiger charge is -2.24. The van der Waals surface area contributed by atoms with Gasteiger partial charge in [-0.1, -0.05) is 12.1 Å². The maximum atomic E-state index is 13.6. The number of anilines is 2. The fraction of sp³-hybridized carbons (Fsp3) is 0.241. The van der Waals surface area contributed by atoms with E-state index in [0.717, 1.165) is 12.1 Å². The van der Waals surface area contributed by atoms with E-state index in [1.54, 1.807) is 36.1 Å². The Hall–Kier alpha value is -4.65. The molecule has 0 radical (unpaired) electrons. The molecule has 1 saturated heterocycles. The molecule has 0 unspecified atom stereocenters. The lowest BCUT2D eigenvalue weighted by molar-refractivity contribution is -0.274. The van der Waals surface area contributed by atoms with E-state index in [9.17, 15) is 27.6 Å². The maximum Gasteiger partial charge on any atom is 0.573 e. The fourth-order valence-electron chi connectivity index (χ4n) is 4.27. The molecule has 42 heavy (non-hydrogen) atoms. The third kappa shape index (κ3) is 7.35. The fourth-order valence-corrected chi connectivity index (χ4v) is 4.65. The van der Waals surface area contributed by atoms with Gasteiger partial charge in [-0.3, -0.25) is 14.5 Å². The summed E-state index contributed by atoms with van der Waals surface area (Å²) >= 11 is 5.65. The number of esters is 1. The summed E-state index contributed by atoms with van der Waals surface area (Å²) in [5.41, 5.74) is 1.72. The van der Waals surface area contributed by atoms with Gasteiger partial charge in [0.25, 0.3) is 5.91 Å². The number of benzene rings is 3. The molecule has 3 aromatic carbocycles. The molecule has 13 heteroatoms. The Kier molecular flexibility index (Phi) is 9.31. The molecule has 0 aliphatic carbocycles. The van der Waals surface area contributed by atoms with Gasteiger partial charge in [0.2, 0.25) is 5.91 Å². The first-order chi connectivity index (χ1) is 20.0. The van der Waals surface area contributed by atoms with Crippen LogP contribution in [0, 0.1) is 0 Å². The minimum Gasteiger partial charge on any atom is -0.497 e. The normalized spacial score (nSPS) is 15.0. The average Bonchev–Trinajstić information content (AvgIpc) is 3.17. The smallest absolute Gasteiger partial charge is 0.497 e. The summed E-state index contributed by atoms with van der Waals surface area (Å²) in [6.07, 6.45) is -5.11. The Labute approximate surface area is 244 Å². The van der Waals surface area contributed by atoms with Crippen molar-refractivity contribution < 1.29 is 41.8 Å². The first-order valence-electron chi connectivity index (χ1n) is 12.7. The first kappa shape index (κ1) is 30.3. The summed E-state index contributed by atoms with van der Waals surface area (Å²) in [7, 11) is 1.51. The summed E-state index contributed by atoms with van der Waals surface area (Å²) in [5.74, 6) is -1.26. The van der Waals surface area contributed by atoms with Crippen LogP contribution in [0.5, 0.6) is 11.5 Å². The number of nitrogens with zero attached hydrogens (tertiary/aromatic N) is 2. The van der Waals surface area contributed by atoms with Crippen molar-refractivity contribution in [3.8, 4) is 11.5 Å². The summed E-state index contributed by atoms with van der Waals surface area (Å²) < 4.78 is 51.8. The summed E-state index contributed by atoms with van der Waals surface area (Å²) in [6, 6.07) is 16.9. The van der Waals surface area contributed by atoms with E-state index in [0.29, 0.717) is 28.3 Å². The summed E-state index contributed by atoms with van der Waals surface area (Å²) in [6.45, 7) is 1.96. The molecule has 1 atom stereocenters. The van der Waals surface area contributed by atoms with Gasteiger partial charge in [-0.25, -0.2) is 4.79 Å². The van der Waals surface area contributed by atoms with Gasteiger partial charge in [0.05, 0.1) is 31.4 Å². The van der Waals surface area contributed by atoms with Gasteiger partial charge in [-0.05, 0) is 85.4 Å². The largest absolute Gasteiger partial charge is 0.573 e. The molecule has 0 bridgehead atoms. The number of ether oxygens (including phenoxy) is 3. The number of alkyl halides is 3. The van der Waals surface area contributed by atoms with E-state index in [4.69, 9.17) is 21.7 Å². The number of amides is 2. The monoisotopic (exact) mass is 601 g/mol. The van der Waals surface area contributed by atoms with Crippen LogP contribution in [0.25, 0.3) is 0 Å². The molecule has 3 aromatic rings. The highest BCUT2D eigenvalue weighted by atomic mass is 32.1. The van der Waals surface area contributed by atoms with E-state index in [-0.39, 0.29) is 24.7 Å². The Morgan fingerprint density at radius 3 is 2.14 bits per heavy atom. The second kappa shape index (κ2) is 12.9. The van der Waals surface area contributed by atoms with Crippen molar-refractivity contribution in [2.45, 2.75) is 32.3 Å². The Bertz CT molecular complexity index is 1450. The van der Waals surface area contributed by atoms with Crippen LogP contribution in [0.3, 0.4) is 0 Å². The zero-order chi connectivity index (χ0) is 30.4. The number of methoxy groups -OCH3 is 1. The number of halogens is 3. The van der Waals surface area contributed by atoms with Crippen LogP contribution in [-0.4, -0.2) is 53.9 Å². The summed E-state index contributed by atoms with van der Waals surface area (Å²) in [4.78, 5) is 41.4. The number of thiocarbonyl (C=S) groups is 1. The third-order valence-corrected chi connectivity index (χ3v) is 6.63. The molecule has 1 fully saturated rings. The van der Waals surface area contributed by atoms with Gasteiger partial charge < -0.3 is 24.4 Å². The van der Waals surface area contributed by atoms with E-state index in [1.807, 2.05) is 0 Å². The molecule has 1 aliphatic rings. The lowest BCUT2D eigenvalue weighted by Crippen LogP contribution is -2.37. The molecule has 220 valence electrons. The second-order valence-corrected chi connectivity index (χ2v) is 9.40. The molecule has 0 saturated carbocycles. The molecule has 1 N–H and O–H groups in total. The molecule has 0 aromatic heterocycles. The van der Waals surface area contributed by atoms with E-state index >= 15 is 0 Å². The number of carbonyl (C=O) groups excluding carboxylic acids is 3. The predicted molar refractivity (Wildman–Crippen MR) is 151 cm³/mol. The van der Waals surface area contributed by atoms with Crippen LogP contribution in [0.4, 0.5) is 24.5 Å². The molecular weight excluding hydrogens is 575 g/mol. The Balaban J connectivity index is 1.54. The molecule has 1 heterocycles. The minimum absolute atomic E-state index is 0.0374. The molecule has 2 amide bonds. The molecule has 9 nitrogen and oxygen atoms in total. The van der Waals surface area contributed by atoms with Crippen molar-refractivity contribution in [3.05, 3.63) is 83.9 Å². The van der Waals surface area contributed by atoms with Gasteiger partial charge in [0.1, 0.15) is 17.5 Å². The SMILES string of the molecule is CCOC(=O)c1ccc(NC(=O)C[C@@H]2C(=O)N(c3ccc(OC)cc3)C(=S)N2Cc2ccc(OC(F)(F)F)cc2)cc1. The van der Waals surface area contributed by atoms with Crippen molar-refractivity contribution >= 4 is 46.5 Å². The average molecular weight is 602 g/mol. The highest BCUT2D eigenvalue weighted by molar-refractivity contribution is 7.80. The number of hydrogen-bond acceptors (Lipinski definition) is 7. The standard InChI is InChI=1S/C29H26F3N3O6S/c1-3-40-27(38)19-6-8-20(9-7-19)33-25(36)16-24-26(37)35(21-10-14-22(39-2)15-11-21)28(42)34(24)17-18-4-12-23(13-5-18)41-29(30,31)32/h4-15,24H,3,16-17H2,1-2H3,(H,33,36)/t24-/m1/s1. The second-order valence-electron chi connectivity index (χ2n) is 9.04. The third-order valence-electron chi connectivity index (χ3n) is 6.22. The van der Waals surface area contributed by atoms with E-state index in [2.05, 4.69) is 10.1 Å². The predicted octanol–water partition coefficient (Wildman–Crippen LogP) is 5.30. The molecule has 0 spiro atoms. The van der Waals surface area contributed by atoms with Gasteiger partial charge in [0, 0.05) is 12.2 Å². The highest BCUT2D eigenvalue weighted by Gasteiger charge is 2.44. The number of carbonyl (C=O) groups is 3. The zero-order valence-electron chi connectivity index (χ0n) is 22.5. The van der Waals surface area contributed by atoms with Gasteiger partial charge >= 0.3 is 12.3 Å². The van der Waals surface area contributed by atoms with Gasteiger partial charge in [-0.15, -0.1) is 13.2 Å². The van der Waals surface area contributed by atoms with Crippen LogP contribution in [-0.2, 0) is 20.9 Å². The van der Waals surface area contributed by atoms with E-state index in [1.165, 1.54) is 48.4 Å². The van der Waals surface area contributed by atoms with Gasteiger partial charge in [0.15, 0.2) is 5.11 Å². The number of rotatable bonds is 10. The Morgan fingerprint density at radius 1 is 0.952 bits per heavy atom. The summed E-state index contributed by atoms with van der Waals surface area (Å²) in [5, 5.41) is 2.84. The van der Waals surface area contributed by atoms with E-state index < -0.39 is 35.9 Å². The highest BCUT2D eigenvalue weighted by Crippen LogP contribution is 2.31. The topological polar surface area (TPSA) is 97.4 Å². The van der Waals surface area contributed by atoms with Crippen LogP contribution < -0.4 is 19.7 Å². The molecular formula is C29H26F3N3O6S. The van der Waals surface area contributed by atoms with Crippen molar-refractivity contribution in [3.63, 3.8) is 0 Å². The molecule has 1 aliphatic heterocycles. The number of hydrogen-bond donors (Lipinski definition) is 1.